The lowest BCUT2D eigenvalue weighted by Gasteiger charge is -2.35. The van der Waals surface area contributed by atoms with E-state index in [4.69, 9.17) is 22.7 Å². The second-order valence-electron chi connectivity index (χ2n) is 5.89. The lowest BCUT2D eigenvalue weighted by atomic mass is 9.81. The van der Waals surface area contributed by atoms with Gasteiger partial charge < -0.3 is 10.5 Å². The SMILES string of the molecule is COc1cc(C(N)=S)ccc1N1C(=O)CC(C)(C)CC1=O. The molecular weight excluding hydrogens is 288 g/mol. The average molecular weight is 306 g/mol. The van der Waals surface area contributed by atoms with Crippen LogP contribution in [0.3, 0.4) is 0 Å². The van der Waals surface area contributed by atoms with Gasteiger partial charge >= 0.3 is 0 Å². The number of rotatable bonds is 3. The van der Waals surface area contributed by atoms with Crippen LogP contribution in [0.5, 0.6) is 5.75 Å². The van der Waals surface area contributed by atoms with Gasteiger partial charge in [0.2, 0.25) is 11.8 Å². The van der Waals surface area contributed by atoms with Crippen LogP contribution in [0.2, 0.25) is 0 Å². The summed E-state index contributed by atoms with van der Waals surface area (Å²) in [6.45, 7) is 3.82. The van der Waals surface area contributed by atoms with Crippen LogP contribution in [0.25, 0.3) is 0 Å². The van der Waals surface area contributed by atoms with Gasteiger partial charge in [-0.15, -0.1) is 0 Å². The zero-order valence-corrected chi connectivity index (χ0v) is 13.1. The van der Waals surface area contributed by atoms with Crippen LogP contribution >= 0.6 is 12.2 Å². The zero-order chi connectivity index (χ0) is 15.8. The Hall–Kier alpha value is -1.95. The number of nitrogens with two attached hydrogens (primary N) is 1. The first kappa shape index (κ1) is 15.4. The van der Waals surface area contributed by atoms with Crippen molar-refractivity contribution in [2.45, 2.75) is 26.7 Å². The Balaban J connectivity index is 2.44. The van der Waals surface area contributed by atoms with Gasteiger partial charge in [-0.25, -0.2) is 4.90 Å². The van der Waals surface area contributed by atoms with Gasteiger partial charge in [-0.3, -0.25) is 9.59 Å². The van der Waals surface area contributed by atoms with Crippen molar-refractivity contribution in [3.8, 4) is 5.75 Å². The fraction of sp³-hybridized carbons (Fsp3) is 0.400. The lowest BCUT2D eigenvalue weighted by Crippen LogP contribution is -2.46. The Bertz CT molecular complexity index is 605. The predicted octanol–water partition coefficient (Wildman–Crippen LogP) is 2.01. The minimum Gasteiger partial charge on any atom is -0.495 e. The smallest absolute Gasteiger partial charge is 0.234 e. The third-order valence-electron chi connectivity index (χ3n) is 3.46. The van der Waals surface area contributed by atoms with Crippen molar-refractivity contribution in [1.82, 2.24) is 0 Å². The summed E-state index contributed by atoms with van der Waals surface area (Å²) < 4.78 is 5.28. The second kappa shape index (κ2) is 5.44. The molecule has 6 heteroatoms. The molecule has 0 saturated carbocycles. The van der Waals surface area contributed by atoms with Crippen LogP contribution in [0, 0.1) is 5.41 Å². The molecule has 0 radical (unpaired) electrons. The summed E-state index contributed by atoms with van der Waals surface area (Å²) in [4.78, 5) is 26.0. The quantitative estimate of drug-likeness (QED) is 0.683. The van der Waals surface area contributed by atoms with E-state index in [1.54, 1.807) is 18.2 Å². The van der Waals surface area contributed by atoms with Gasteiger partial charge in [-0.05, 0) is 23.6 Å². The molecule has 21 heavy (non-hydrogen) atoms. The molecule has 1 aromatic rings. The molecule has 2 rings (SSSR count). The van der Waals surface area contributed by atoms with Crippen LogP contribution in [0.15, 0.2) is 18.2 Å². The van der Waals surface area contributed by atoms with Gasteiger partial charge in [0.15, 0.2) is 0 Å². The molecule has 112 valence electrons. The molecule has 1 fully saturated rings. The molecule has 0 spiro atoms. The highest BCUT2D eigenvalue weighted by Gasteiger charge is 2.39. The summed E-state index contributed by atoms with van der Waals surface area (Å²) in [5, 5.41) is 0. The molecule has 1 aliphatic rings. The number of nitrogens with zero attached hydrogens (tertiary/aromatic N) is 1. The van der Waals surface area contributed by atoms with Crippen LogP contribution in [0.4, 0.5) is 5.69 Å². The lowest BCUT2D eigenvalue weighted by molar-refractivity contribution is -0.132. The Morgan fingerprint density at radius 3 is 2.33 bits per heavy atom. The van der Waals surface area contributed by atoms with Crippen LogP contribution < -0.4 is 15.4 Å². The van der Waals surface area contributed by atoms with Gasteiger partial charge in [0.05, 0.1) is 12.8 Å². The number of benzene rings is 1. The number of piperidine rings is 1. The molecule has 0 unspecified atom stereocenters. The number of hydrogen-bond donors (Lipinski definition) is 1. The van der Waals surface area contributed by atoms with E-state index in [0.717, 1.165) is 0 Å². The number of amides is 2. The van der Waals surface area contributed by atoms with Crippen LogP contribution in [-0.4, -0.2) is 23.9 Å². The molecule has 0 aromatic heterocycles. The summed E-state index contributed by atoms with van der Waals surface area (Å²) in [5.74, 6) is -0.0445. The highest BCUT2D eigenvalue weighted by atomic mass is 32.1. The topological polar surface area (TPSA) is 72.6 Å². The molecule has 2 amide bonds. The molecule has 0 bridgehead atoms. The Kier molecular flexibility index (Phi) is 4.00. The number of ether oxygens (including phenoxy) is 1. The van der Waals surface area contributed by atoms with Crippen molar-refractivity contribution in [2.75, 3.05) is 12.0 Å². The normalized spacial score (nSPS) is 17.8. The number of anilines is 1. The number of thiocarbonyl (C=S) groups is 1. The molecule has 1 heterocycles. The van der Waals surface area contributed by atoms with E-state index in [2.05, 4.69) is 0 Å². The van der Waals surface area contributed by atoms with Crippen LogP contribution in [0.1, 0.15) is 32.3 Å². The van der Waals surface area contributed by atoms with Gasteiger partial charge in [0, 0.05) is 18.4 Å². The van der Waals surface area contributed by atoms with E-state index in [0.29, 0.717) is 29.8 Å². The van der Waals surface area contributed by atoms with E-state index in [-0.39, 0.29) is 22.2 Å². The molecule has 0 atom stereocenters. The number of imide groups is 1. The fourth-order valence-corrected chi connectivity index (χ4v) is 2.59. The molecule has 1 aliphatic heterocycles. The molecule has 5 nitrogen and oxygen atoms in total. The largest absolute Gasteiger partial charge is 0.495 e. The first-order chi connectivity index (χ1) is 9.75. The fourth-order valence-electron chi connectivity index (χ4n) is 2.46. The molecule has 2 N–H and O–H groups in total. The average Bonchev–Trinajstić information content (AvgIpc) is 2.36. The van der Waals surface area contributed by atoms with Crippen molar-refractivity contribution in [3.05, 3.63) is 23.8 Å². The highest BCUT2D eigenvalue weighted by Crippen LogP contribution is 2.37. The van der Waals surface area contributed by atoms with Crippen molar-refractivity contribution in [1.29, 1.82) is 0 Å². The molecule has 1 aromatic carbocycles. The number of hydrogen-bond acceptors (Lipinski definition) is 4. The monoisotopic (exact) mass is 306 g/mol. The number of carbonyl (C=O) groups excluding carboxylic acids is 2. The summed E-state index contributed by atoms with van der Waals surface area (Å²) in [6.07, 6.45) is 0.637. The standard InChI is InChI=1S/C15H18N2O3S/c1-15(2)7-12(18)17(13(19)8-15)10-5-4-9(14(16)21)6-11(10)20-3/h4-6H,7-8H2,1-3H3,(H2,16,21). The van der Waals surface area contributed by atoms with Crippen molar-refractivity contribution in [3.63, 3.8) is 0 Å². The van der Waals surface area contributed by atoms with Crippen molar-refractivity contribution >= 4 is 34.7 Å². The van der Waals surface area contributed by atoms with Gasteiger partial charge in [-0.2, -0.15) is 0 Å². The first-order valence-electron chi connectivity index (χ1n) is 6.59. The third kappa shape index (κ3) is 3.05. The summed E-state index contributed by atoms with van der Waals surface area (Å²) in [5.41, 5.74) is 6.34. The molecule has 0 aliphatic carbocycles. The van der Waals surface area contributed by atoms with E-state index < -0.39 is 0 Å². The minimum atomic E-state index is -0.309. The zero-order valence-electron chi connectivity index (χ0n) is 12.3. The van der Waals surface area contributed by atoms with E-state index in [1.807, 2.05) is 13.8 Å². The van der Waals surface area contributed by atoms with Gasteiger partial charge in [0.25, 0.3) is 0 Å². The van der Waals surface area contributed by atoms with Gasteiger partial charge in [0.1, 0.15) is 10.7 Å². The Morgan fingerprint density at radius 1 is 1.29 bits per heavy atom. The number of carbonyl (C=O) groups is 2. The first-order valence-corrected chi connectivity index (χ1v) is 6.99. The Morgan fingerprint density at radius 2 is 1.86 bits per heavy atom. The summed E-state index contributed by atoms with van der Waals surface area (Å²) in [7, 11) is 1.48. The maximum Gasteiger partial charge on any atom is 0.234 e. The maximum atomic E-state index is 12.3. The summed E-state index contributed by atoms with van der Waals surface area (Å²) in [6, 6.07) is 4.96. The molecular formula is C15H18N2O3S. The maximum absolute atomic E-state index is 12.3. The Labute approximate surface area is 129 Å². The second-order valence-corrected chi connectivity index (χ2v) is 6.33. The number of methoxy groups -OCH3 is 1. The highest BCUT2D eigenvalue weighted by molar-refractivity contribution is 7.80. The van der Waals surface area contributed by atoms with E-state index in [9.17, 15) is 9.59 Å². The summed E-state index contributed by atoms with van der Waals surface area (Å²) >= 11 is 4.92. The van der Waals surface area contributed by atoms with Crippen molar-refractivity contribution < 1.29 is 14.3 Å². The predicted molar refractivity (Wildman–Crippen MR) is 84.4 cm³/mol. The third-order valence-corrected chi connectivity index (χ3v) is 3.70. The van der Waals surface area contributed by atoms with Crippen molar-refractivity contribution in [2.24, 2.45) is 11.1 Å². The van der Waals surface area contributed by atoms with E-state index in [1.165, 1.54) is 12.0 Å². The van der Waals surface area contributed by atoms with Gasteiger partial charge in [-0.1, -0.05) is 26.1 Å². The van der Waals surface area contributed by atoms with E-state index >= 15 is 0 Å². The molecule has 1 saturated heterocycles. The minimum absolute atomic E-state index is 0.224. The van der Waals surface area contributed by atoms with Crippen LogP contribution in [-0.2, 0) is 9.59 Å².